The lowest BCUT2D eigenvalue weighted by Gasteiger charge is -2.17. The van der Waals surface area contributed by atoms with Crippen LogP contribution in [0.2, 0.25) is 0 Å². The molecule has 0 atom stereocenters. The molecule has 1 fully saturated rings. The molecule has 82 valence electrons. The number of Topliss-reactive ketones (excluding diaryl/α,β-unsaturated/α-hetero) is 1. The van der Waals surface area contributed by atoms with Gasteiger partial charge in [-0.3, -0.25) is 9.69 Å². The Morgan fingerprint density at radius 3 is 2.93 bits per heavy atom. The van der Waals surface area contributed by atoms with Crippen molar-refractivity contribution < 1.29 is 9.21 Å². The van der Waals surface area contributed by atoms with Gasteiger partial charge in [-0.25, -0.2) is 0 Å². The average molecular weight is 207 g/mol. The molecule has 1 aliphatic carbocycles. The minimum atomic E-state index is 0.357. The highest BCUT2D eigenvalue weighted by Crippen LogP contribution is 2.30. The Morgan fingerprint density at radius 2 is 2.40 bits per heavy atom. The third-order valence-electron chi connectivity index (χ3n) is 2.82. The van der Waals surface area contributed by atoms with E-state index in [1.54, 1.807) is 6.26 Å². The smallest absolute Gasteiger partial charge is 0.149 e. The molecule has 3 heteroatoms. The number of nitrogens with zero attached hydrogens (tertiary/aromatic N) is 1. The minimum absolute atomic E-state index is 0.357. The van der Waals surface area contributed by atoms with E-state index in [0.717, 1.165) is 31.7 Å². The van der Waals surface area contributed by atoms with E-state index in [1.165, 1.54) is 0 Å². The summed E-state index contributed by atoms with van der Waals surface area (Å²) in [5.74, 6) is 1.68. The molecular weight excluding hydrogens is 190 g/mol. The summed E-state index contributed by atoms with van der Waals surface area (Å²) in [4.78, 5) is 13.8. The summed E-state index contributed by atoms with van der Waals surface area (Å²) >= 11 is 0. The number of likely N-dealkylation sites (N-methyl/N-ethyl adjacent to an activating group) is 1. The Labute approximate surface area is 90.1 Å². The molecule has 1 saturated carbocycles. The van der Waals surface area contributed by atoms with Crippen LogP contribution in [0.1, 0.15) is 25.5 Å². The predicted octanol–water partition coefficient (Wildman–Crippen LogP) is 2.08. The van der Waals surface area contributed by atoms with Gasteiger partial charge >= 0.3 is 0 Å². The number of carbonyl (C=O) groups excluding carboxylic acids is 1. The minimum Gasteiger partial charge on any atom is -0.468 e. The first-order valence-electron chi connectivity index (χ1n) is 5.57. The summed E-state index contributed by atoms with van der Waals surface area (Å²) in [6.45, 7) is 4.27. The Bertz CT molecular complexity index is 314. The van der Waals surface area contributed by atoms with Crippen molar-refractivity contribution in [2.45, 2.75) is 26.3 Å². The van der Waals surface area contributed by atoms with Gasteiger partial charge in [0.05, 0.1) is 19.4 Å². The zero-order valence-electron chi connectivity index (χ0n) is 9.11. The van der Waals surface area contributed by atoms with Crippen LogP contribution in [-0.2, 0) is 11.3 Å². The highest BCUT2D eigenvalue weighted by molar-refractivity contribution is 5.84. The fourth-order valence-corrected chi connectivity index (χ4v) is 1.66. The number of hydrogen-bond acceptors (Lipinski definition) is 3. The van der Waals surface area contributed by atoms with Gasteiger partial charge in [0.25, 0.3) is 0 Å². The van der Waals surface area contributed by atoms with Gasteiger partial charge in [0.2, 0.25) is 0 Å². The molecule has 0 spiro atoms. The van der Waals surface area contributed by atoms with Gasteiger partial charge < -0.3 is 4.42 Å². The van der Waals surface area contributed by atoms with Crippen LogP contribution in [0.15, 0.2) is 22.8 Å². The molecular formula is C12H17NO2. The second-order valence-electron chi connectivity index (χ2n) is 4.12. The third-order valence-corrected chi connectivity index (χ3v) is 2.82. The van der Waals surface area contributed by atoms with Crippen LogP contribution in [-0.4, -0.2) is 23.8 Å². The van der Waals surface area contributed by atoms with Crippen molar-refractivity contribution in [1.82, 2.24) is 4.90 Å². The second-order valence-corrected chi connectivity index (χ2v) is 4.12. The lowest BCUT2D eigenvalue weighted by molar-refractivity contribution is -0.121. The van der Waals surface area contributed by atoms with Crippen LogP contribution in [0, 0.1) is 5.92 Å². The number of ketones is 1. The molecule has 0 saturated heterocycles. The molecule has 0 unspecified atom stereocenters. The van der Waals surface area contributed by atoms with Crippen LogP contribution >= 0.6 is 0 Å². The Morgan fingerprint density at radius 1 is 1.60 bits per heavy atom. The predicted molar refractivity (Wildman–Crippen MR) is 57.4 cm³/mol. The molecule has 1 aromatic rings. The fraction of sp³-hybridized carbons (Fsp3) is 0.583. The summed E-state index contributed by atoms with van der Waals surface area (Å²) in [5, 5.41) is 0. The van der Waals surface area contributed by atoms with Crippen molar-refractivity contribution in [2.24, 2.45) is 5.92 Å². The van der Waals surface area contributed by atoms with Gasteiger partial charge in [-0.2, -0.15) is 0 Å². The van der Waals surface area contributed by atoms with E-state index in [9.17, 15) is 4.79 Å². The monoisotopic (exact) mass is 207 g/mol. The van der Waals surface area contributed by atoms with Crippen LogP contribution in [0.3, 0.4) is 0 Å². The van der Waals surface area contributed by atoms with E-state index >= 15 is 0 Å². The summed E-state index contributed by atoms with van der Waals surface area (Å²) < 4.78 is 5.27. The average Bonchev–Trinajstić information content (AvgIpc) is 2.97. The molecule has 0 aromatic carbocycles. The van der Waals surface area contributed by atoms with Gasteiger partial charge in [0.1, 0.15) is 11.5 Å². The van der Waals surface area contributed by atoms with Gasteiger partial charge in [-0.05, 0) is 31.5 Å². The van der Waals surface area contributed by atoms with Crippen molar-refractivity contribution >= 4 is 5.78 Å². The van der Waals surface area contributed by atoms with E-state index in [2.05, 4.69) is 11.8 Å². The molecule has 0 bridgehead atoms. The van der Waals surface area contributed by atoms with Crippen LogP contribution in [0.5, 0.6) is 0 Å². The summed E-state index contributed by atoms with van der Waals surface area (Å²) in [7, 11) is 0. The maximum Gasteiger partial charge on any atom is 0.149 e. The first-order chi connectivity index (χ1) is 7.29. The van der Waals surface area contributed by atoms with Crippen LogP contribution in [0.25, 0.3) is 0 Å². The van der Waals surface area contributed by atoms with E-state index in [-0.39, 0.29) is 0 Å². The number of hydrogen-bond donors (Lipinski definition) is 0. The van der Waals surface area contributed by atoms with Gasteiger partial charge in [0.15, 0.2) is 0 Å². The zero-order valence-corrected chi connectivity index (χ0v) is 9.11. The Kier molecular flexibility index (Phi) is 3.21. The summed E-state index contributed by atoms with van der Waals surface area (Å²) in [5.41, 5.74) is 0. The van der Waals surface area contributed by atoms with Gasteiger partial charge in [0, 0.05) is 5.92 Å². The van der Waals surface area contributed by atoms with E-state index in [0.29, 0.717) is 18.2 Å². The molecule has 2 rings (SSSR count). The fourth-order valence-electron chi connectivity index (χ4n) is 1.66. The van der Waals surface area contributed by atoms with Crippen LogP contribution < -0.4 is 0 Å². The van der Waals surface area contributed by atoms with Crippen molar-refractivity contribution in [3.05, 3.63) is 24.2 Å². The highest BCUT2D eigenvalue weighted by atomic mass is 16.3. The Hall–Kier alpha value is -1.09. The lowest BCUT2D eigenvalue weighted by atomic mass is 10.2. The van der Waals surface area contributed by atoms with Crippen molar-refractivity contribution in [2.75, 3.05) is 13.1 Å². The van der Waals surface area contributed by atoms with E-state index in [1.807, 2.05) is 12.1 Å². The van der Waals surface area contributed by atoms with Crippen molar-refractivity contribution in [3.63, 3.8) is 0 Å². The maximum absolute atomic E-state index is 11.6. The van der Waals surface area contributed by atoms with Crippen molar-refractivity contribution in [1.29, 1.82) is 0 Å². The molecule has 1 heterocycles. The second kappa shape index (κ2) is 4.62. The normalized spacial score (nSPS) is 15.9. The van der Waals surface area contributed by atoms with Gasteiger partial charge in [-0.1, -0.05) is 6.92 Å². The molecule has 0 amide bonds. The molecule has 1 aliphatic rings. The quantitative estimate of drug-likeness (QED) is 0.716. The molecule has 0 aliphatic heterocycles. The third kappa shape index (κ3) is 2.93. The zero-order chi connectivity index (χ0) is 10.7. The first kappa shape index (κ1) is 10.4. The molecule has 1 aromatic heterocycles. The largest absolute Gasteiger partial charge is 0.468 e. The number of rotatable bonds is 6. The standard InChI is InChI=1S/C12H17NO2/c1-2-13(8-11-4-3-7-15-11)9-12(14)10-5-6-10/h3-4,7,10H,2,5-6,8-9H2,1H3. The summed E-state index contributed by atoms with van der Waals surface area (Å²) in [6, 6.07) is 3.83. The molecule has 3 nitrogen and oxygen atoms in total. The first-order valence-corrected chi connectivity index (χ1v) is 5.57. The lowest BCUT2D eigenvalue weighted by Crippen LogP contribution is -2.29. The number of furan rings is 1. The molecule has 15 heavy (non-hydrogen) atoms. The topological polar surface area (TPSA) is 33.5 Å². The van der Waals surface area contributed by atoms with E-state index < -0.39 is 0 Å². The van der Waals surface area contributed by atoms with Gasteiger partial charge in [-0.15, -0.1) is 0 Å². The Balaban J connectivity index is 1.84. The summed E-state index contributed by atoms with van der Waals surface area (Å²) in [6.07, 6.45) is 3.86. The molecule has 0 radical (unpaired) electrons. The van der Waals surface area contributed by atoms with E-state index in [4.69, 9.17) is 4.42 Å². The van der Waals surface area contributed by atoms with Crippen molar-refractivity contribution in [3.8, 4) is 0 Å². The maximum atomic E-state index is 11.6. The number of carbonyl (C=O) groups is 1. The molecule has 0 N–H and O–H groups in total. The van der Waals surface area contributed by atoms with Crippen LogP contribution in [0.4, 0.5) is 0 Å². The highest BCUT2D eigenvalue weighted by Gasteiger charge is 2.30. The SMILES string of the molecule is CCN(CC(=O)C1CC1)Cc1ccco1.